The molecule has 0 aliphatic carbocycles. The first-order valence-electron chi connectivity index (χ1n) is 8.70. The summed E-state index contributed by atoms with van der Waals surface area (Å²) in [6.07, 6.45) is 4.06. The maximum absolute atomic E-state index is 5.90. The van der Waals surface area contributed by atoms with Gasteiger partial charge in [0.2, 0.25) is 0 Å². The Hall–Kier alpha value is -2.62. The Morgan fingerprint density at radius 1 is 0.741 bits per heavy atom. The highest BCUT2D eigenvalue weighted by Crippen LogP contribution is 2.32. The van der Waals surface area contributed by atoms with Crippen molar-refractivity contribution in [3.8, 4) is 5.75 Å². The summed E-state index contributed by atoms with van der Waals surface area (Å²) in [5.74, 6) is 0.727. The van der Waals surface area contributed by atoms with Crippen molar-refractivity contribution in [2.75, 3.05) is 7.11 Å². The van der Waals surface area contributed by atoms with Gasteiger partial charge in [0.25, 0.3) is 0 Å². The van der Waals surface area contributed by atoms with E-state index in [1.54, 1.807) is 7.11 Å². The normalized spacial score (nSPS) is 10.7. The van der Waals surface area contributed by atoms with Crippen LogP contribution in [0.4, 0.5) is 0 Å². The highest BCUT2D eigenvalue weighted by molar-refractivity contribution is 7.82. The average Bonchev–Trinajstić information content (AvgIpc) is 2.74. The minimum Gasteiger partial charge on any atom is -0.496 e. The Morgan fingerprint density at radius 2 is 1.26 bits per heavy atom. The van der Waals surface area contributed by atoms with E-state index in [9.17, 15) is 0 Å². The van der Waals surface area contributed by atoms with Crippen molar-refractivity contribution in [1.29, 1.82) is 0 Å². The van der Waals surface area contributed by atoms with E-state index in [1.807, 2.05) is 85.8 Å². The summed E-state index contributed by atoms with van der Waals surface area (Å²) in [4.78, 5) is 1.49. The average molecular weight is 389 g/mol. The van der Waals surface area contributed by atoms with Crippen LogP contribution in [0.1, 0.15) is 34.7 Å². The zero-order valence-electron chi connectivity index (χ0n) is 15.3. The van der Waals surface area contributed by atoms with E-state index in [4.69, 9.17) is 29.2 Å². The van der Waals surface area contributed by atoms with Gasteiger partial charge in [-0.1, -0.05) is 103 Å². The molecule has 0 fully saturated rings. The maximum Gasteiger partial charge on any atom is 0.128 e. The SMILES string of the molecule is CC=Cc1ccc(OC)c(C(=S)c2ccccc2)c1C(=S)c1ccccc1. The second-order valence-corrected chi connectivity index (χ2v) is 6.81. The van der Waals surface area contributed by atoms with Crippen LogP contribution in [0.5, 0.6) is 5.75 Å². The molecule has 0 atom stereocenters. The molecule has 0 radical (unpaired) electrons. The molecule has 0 spiro atoms. The zero-order chi connectivity index (χ0) is 19.2. The number of allylic oxidation sites excluding steroid dienone is 1. The second kappa shape index (κ2) is 8.85. The van der Waals surface area contributed by atoms with Gasteiger partial charge in [0, 0.05) is 11.1 Å². The van der Waals surface area contributed by atoms with Gasteiger partial charge in [0.15, 0.2) is 0 Å². The summed E-state index contributed by atoms with van der Waals surface area (Å²) in [6, 6.07) is 24.0. The van der Waals surface area contributed by atoms with Crippen molar-refractivity contribution >= 4 is 40.2 Å². The smallest absolute Gasteiger partial charge is 0.128 e. The van der Waals surface area contributed by atoms with Gasteiger partial charge in [-0.2, -0.15) is 0 Å². The summed E-state index contributed by atoms with van der Waals surface area (Å²) in [6.45, 7) is 1.99. The Labute approximate surface area is 171 Å². The predicted octanol–water partition coefficient (Wildman–Crippen LogP) is 6.26. The van der Waals surface area contributed by atoms with Crippen molar-refractivity contribution in [2.24, 2.45) is 0 Å². The van der Waals surface area contributed by atoms with Gasteiger partial charge in [-0.25, -0.2) is 0 Å². The number of benzene rings is 3. The van der Waals surface area contributed by atoms with Crippen molar-refractivity contribution in [3.63, 3.8) is 0 Å². The lowest BCUT2D eigenvalue weighted by atomic mass is 9.90. The summed E-state index contributed by atoms with van der Waals surface area (Å²) in [5, 5.41) is 0. The molecule has 3 heteroatoms. The number of rotatable bonds is 6. The Morgan fingerprint density at radius 3 is 1.74 bits per heavy atom. The van der Waals surface area contributed by atoms with Gasteiger partial charge < -0.3 is 4.74 Å². The number of ether oxygens (including phenoxy) is 1. The molecule has 27 heavy (non-hydrogen) atoms. The van der Waals surface area contributed by atoms with E-state index in [0.29, 0.717) is 0 Å². The summed E-state index contributed by atoms with van der Waals surface area (Å²) in [5.41, 5.74) is 4.79. The first-order chi connectivity index (χ1) is 13.2. The van der Waals surface area contributed by atoms with Crippen LogP contribution < -0.4 is 4.74 Å². The fraction of sp³-hybridized carbons (Fsp3) is 0.0833. The molecule has 0 heterocycles. The first-order valence-corrected chi connectivity index (χ1v) is 9.52. The predicted molar refractivity (Wildman–Crippen MR) is 122 cm³/mol. The highest BCUT2D eigenvalue weighted by Gasteiger charge is 2.21. The molecule has 3 aromatic carbocycles. The molecule has 0 unspecified atom stereocenters. The fourth-order valence-corrected chi connectivity index (χ4v) is 3.72. The summed E-state index contributed by atoms with van der Waals surface area (Å²) in [7, 11) is 1.66. The van der Waals surface area contributed by atoms with Gasteiger partial charge in [-0.15, -0.1) is 0 Å². The molecular weight excluding hydrogens is 368 g/mol. The monoisotopic (exact) mass is 388 g/mol. The van der Waals surface area contributed by atoms with E-state index in [0.717, 1.165) is 43.3 Å². The largest absolute Gasteiger partial charge is 0.496 e. The fourth-order valence-electron chi connectivity index (χ4n) is 3.03. The minimum atomic E-state index is 0.727. The van der Waals surface area contributed by atoms with Crippen LogP contribution in [0, 0.1) is 0 Å². The Balaban J connectivity index is 2.28. The topological polar surface area (TPSA) is 9.23 Å². The first kappa shape index (κ1) is 19.2. The molecule has 1 nitrogen and oxygen atoms in total. The molecule has 0 aromatic heterocycles. The lowest BCUT2D eigenvalue weighted by Gasteiger charge is -2.19. The van der Waals surface area contributed by atoms with Gasteiger partial charge in [-0.05, 0) is 29.7 Å². The van der Waals surface area contributed by atoms with Gasteiger partial charge in [0.1, 0.15) is 5.75 Å². The van der Waals surface area contributed by atoms with E-state index in [1.165, 1.54) is 0 Å². The lowest BCUT2D eigenvalue weighted by Crippen LogP contribution is -2.13. The van der Waals surface area contributed by atoms with Crippen LogP contribution in [0.15, 0.2) is 78.9 Å². The Kier molecular flexibility index (Phi) is 6.28. The second-order valence-electron chi connectivity index (χ2n) is 6.00. The lowest BCUT2D eigenvalue weighted by molar-refractivity contribution is 0.414. The summed E-state index contributed by atoms with van der Waals surface area (Å²) >= 11 is 11.8. The van der Waals surface area contributed by atoms with Crippen LogP contribution in [-0.2, 0) is 0 Å². The van der Waals surface area contributed by atoms with Crippen molar-refractivity contribution < 1.29 is 4.74 Å². The molecule has 3 aromatic rings. The van der Waals surface area contributed by atoms with Gasteiger partial charge in [-0.3, -0.25) is 0 Å². The molecule has 0 saturated heterocycles. The van der Waals surface area contributed by atoms with E-state index < -0.39 is 0 Å². The zero-order valence-corrected chi connectivity index (χ0v) is 16.9. The molecule has 0 N–H and O–H groups in total. The van der Waals surface area contributed by atoms with Crippen molar-refractivity contribution in [1.82, 2.24) is 0 Å². The number of thiocarbonyl (C=S) groups is 2. The third kappa shape index (κ3) is 4.05. The maximum atomic E-state index is 5.90. The molecule has 0 saturated carbocycles. The van der Waals surface area contributed by atoms with E-state index in [2.05, 4.69) is 6.08 Å². The van der Waals surface area contributed by atoms with Gasteiger partial charge in [0.05, 0.1) is 16.8 Å². The standard InChI is InChI=1S/C24H20OS2/c1-3-10-17-15-16-20(25-2)22(24(27)19-13-8-5-9-14-19)21(17)23(26)18-11-6-4-7-12-18/h3-16H,1-2H3. The highest BCUT2D eigenvalue weighted by atomic mass is 32.1. The van der Waals surface area contributed by atoms with Crippen molar-refractivity contribution in [2.45, 2.75) is 6.92 Å². The quantitative estimate of drug-likeness (QED) is 0.364. The third-order valence-electron chi connectivity index (χ3n) is 4.29. The molecular formula is C24H20OS2. The van der Waals surface area contributed by atoms with Crippen LogP contribution in [0.3, 0.4) is 0 Å². The van der Waals surface area contributed by atoms with Crippen LogP contribution >= 0.6 is 24.4 Å². The Bertz CT molecular complexity index is 990. The van der Waals surface area contributed by atoms with Gasteiger partial charge >= 0.3 is 0 Å². The van der Waals surface area contributed by atoms with Crippen molar-refractivity contribution in [3.05, 3.63) is 107 Å². The molecule has 3 rings (SSSR count). The van der Waals surface area contributed by atoms with Crippen LogP contribution in [0.2, 0.25) is 0 Å². The number of hydrogen-bond donors (Lipinski definition) is 0. The molecule has 0 amide bonds. The van der Waals surface area contributed by atoms with E-state index >= 15 is 0 Å². The molecule has 0 aliphatic rings. The van der Waals surface area contributed by atoms with Crippen LogP contribution in [0.25, 0.3) is 6.08 Å². The number of hydrogen-bond acceptors (Lipinski definition) is 3. The third-order valence-corrected chi connectivity index (χ3v) is 5.17. The molecule has 134 valence electrons. The number of methoxy groups -OCH3 is 1. The molecule has 0 bridgehead atoms. The summed E-state index contributed by atoms with van der Waals surface area (Å²) < 4.78 is 5.68. The van der Waals surface area contributed by atoms with Crippen LogP contribution in [-0.4, -0.2) is 16.8 Å². The van der Waals surface area contributed by atoms with E-state index in [-0.39, 0.29) is 0 Å². The minimum absolute atomic E-state index is 0.727. The molecule has 0 aliphatic heterocycles.